The molecule has 2 amide bonds. The molecule has 3 heterocycles. The molecule has 1 aliphatic heterocycles. The molecule has 1 fully saturated rings. The maximum atomic E-state index is 13.1. The van der Waals surface area contributed by atoms with Crippen LogP contribution in [0.4, 0.5) is 0 Å². The number of hydrogen-bond acceptors (Lipinski definition) is 4. The molecule has 1 aromatic carbocycles. The molecule has 2 N–H and O–H groups in total. The summed E-state index contributed by atoms with van der Waals surface area (Å²) in [6.45, 7) is 5.04. The van der Waals surface area contributed by atoms with Gasteiger partial charge in [0, 0.05) is 30.7 Å². The number of nitrogens with zero attached hydrogens (tertiary/aromatic N) is 2. The molecular weight excluding hydrogens is 408 g/mol. The van der Waals surface area contributed by atoms with Crippen molar-refractivity contribution in [3.63, 3.8) is 0 Å². The molecule has 0 radical (unpaired) electrons. The number of H-pyrrole nitrogens is 1. The third-order valence-corrected chi connectivity index (χ3v) is 6.98. The lowest BCUT2D eigenvalue weighted by molar-refractivity contribution is -0.129. The predicted molar refractivity (Wildman–Crippen MR) is 123 cm³/mol. The zero-order valence-corrected chi connectivity index (χ0v) is 19.0. The normalized spacial score (nSPS) is 18.5. The van der Waals surface area contributed by atoms with Crippen molar-refractivity contribution in [2.24, 2.45) is 5.41 Å². The van der Waals surface area contributed by atoms with Crippen LogP contribution in [0.3, 0.4) is 0 Å². The molecule has 0 saturated carbocycles. The Hall–Kier alpha value is -2.93. The number of carbonyl (C=O) groups is 2. The Morgan fingerprint density at radius 2 is 2.10 bits per heavy atom. The van der Waals surface area contributed by atoms with E-state index in [-0.39, 0.29) is 17.7 Å². The topological polar surface area (TPSA) is 78.1 Å². The summed E-state index contributed by atoms with van der Waals surface area (Å²) in [5.41, 5.74) is 2.96. The second-order valence-corrected chi connectivity index (χ2v) is 9.50. The average molecular weight is 437 g/mol. The lowest BCUT2D eigenvalue weighted by Gasteiger charge is -2.27. The summed E-state index contributed by atoms with van der Waals surface area (Å²) in [6, 6.07) is 14.3. The Bertz CT molecular complexity index is 1070. The van der Waals surface area contributed by atoms with Crippen LogP contribution in [0.2, 0.25) is 0 Å². The minimum atomic E-state index is -0.643. The smallest absolute Gasteiger partial charge is 0.274 e. The Morgan fingerprint density at radius 1 is 1.26 bits per heavy atom. The Labute approximate surface area is 186 Å². The van der Waals surface area contributed by atoms with E-state index in [1.165, 1.54) is 4.88 Å². The number of carbonyl (C=O) groups excluding carboxylic acids is 2. The van der Waals surface area contributed by atoms with Crippen LogP contribution in [0.25, 0.3) is 10.4 Å². The summed E-state index contributed by atoms with van der Waals surface area (Å²) in [5, 5.41) is 12.0. The highest BCUT2D eigenvalue weighted by Crippen LogP contribution is 2.36. The van der Waals surface area contributed by atoms with Crippen LogP contribution in [-0.4, -0.2) is 47.0 Å². The third kappa shape index (κ3) is 4.28. The Balaban J connectivity index is 1.56. The molecule has 4 rings (SSSR count). The van der Waals surface area contributed by atoms with Gasteiger partial charge in [-0.05, 0) is 47.4 Å². The Morgan fingerprint density at radius 3 is 2.77 bits per heavy atom. The highest BCUT2D eigenvalue weighted by molar-refractivity contribution is 7.13. The minimum absolute atomic E-state index is 0.0192. The van der Waals surface area contributed by atoms with Gasteiger partial charge in [-0.3, -0.25) is 14.7 Å². The molecule has 162 valence electrons. The number of aromatic nitrogens is 2. The molecule has 6 nitrogen and oxygen atoms in total. The first-order valence-electron chi connectivity index (χ1n) is 10.6. The van der Waals surface area contributed by atoms with E-state index in [0.29, 0.717) is 31.6 Å². The fourth-order valence-electron chi connectivity index (χ4n) is 4.29. The third-order valence-electron chi connectivity index (χ3n) is 6.06. The molecule has 1 saturated heterocycles. The van der Waals surface area contributed by atoms with Gasteiger partial charge in [0.25, 0.3) is 5.91 Å². The molecule has 7 heteroatoms. The summed E-state index contributed by atoms with van der Waals surface area (Å²) < 4.78 is 0. The van der Waals surface area contributed by atoms with Crippen molar-refractivity contribution < 1.29 is 9.59 Å². The molecular formula is C24H28N4O2S. The van der Waals surface area contributed by atoms with Gasteiger partial charge in [-0.2, -0.15) is 5.10 Å². The van der Waals surface area contributed by atoms with Gasteiger partial charge in [0.05, 0.1) is 5.41 Å². The Kier molecular flexibility index (Phi) is 5.96. The van der Waals surface area contributed by atoms with Crippen molar-refractivity contribution in [2.75, 3.05) is 20.1 Å². The van der Waals surface area contributed by atoms with Crippen LogP contribution < -0.4 is 5.32 Å². The fourth-order valence-corrected chi connectivity index (χ4v) is 5.02. The van der Waals surface area contributed by atoms with Crippen molar-refractivity contribution in [1.29, 1.82) is 0 Å². The SMILES string of the molecule is CNC(=O)C1(Cc2cccc(-c3cccs3)c2)CCN(C(=O)c2cc(C(C)C)[nH]n2)C1. The summed E-state index contributed by atoms with van der Waals surface area (Å²) in [4.78, 5) is 29.0. The van der Waals surface area contributed by atoms with E-state index in [1.54, 1.807) is 23.3 Å². The van der Waals surface area contributed by atoms with Gasteiger partial charge in [-0.25, -0.2) is 0 Å². The van der Waals surface area contributed by atoms with Gasteiger partial charge in [0.15, 0.2) is 0 Å². The van der Waals surface area contributed by atoms with Gasteiger partial charge in [0.2, 0.25) is 5.91 Å². The first-order valence-corrected chi connectivity index (χ1v) is 11.5. The van der Waals surface area contributed by atoms with E-state index in [4.69, 9.17) is 0 Å². The van der Waals surface area contributed by atoms with E-state index in [9.17, 15) is 9.59 Å². The van der Waals surface area contributed by atoms with Gasteiger partial charge in [0.1, 0.15) is 5.69 Å². The number of benzene rings is 1. The lowest BCUT2D eigenvalue weighted by Crippen LogP contribution is -2.44. The number of aromatic amines is 1. The number of nitrogens with one attached hydrogen (secondary N) is 2. The standard InChI is InChI=1S/C24H28N4O2S/c1-16(2)19-13-20(27-26-19)22(29)28-10-9-24(15-28,23(30)25-3)14-17-6-4-7-18(12-17)21-8-5-11-31-21/h4-8,11-13,16H,9-10,14-15H2,1-3H3,(H,25,30)(H,26,27). The van der Waals surface area contributed by atoms with Gasteiger partial charge < -0.3 is 10.2 Å². The van der Waals surface area contributed by atoms with Crippen molar-refractivity contribution in [1.82, 2.24) is 20.4 Å². The van der Waals surface area contributed by atoms with E-state index in [0.717, 1.165) is 16.8 Å². The molecule has 0 bridgehead atoms. The number of thiophene rings is 1. The first-order chi connectivity index (χ1) is 14.9. The van der Waals surface area contributed by atoms with E-state index >= 15 is 0 Å². The second kappa shape index (κ2) is 8.67. The summed E-state index contributed by atoms with van der Waals surface area (Å²) in [7, 11) is 1.67. The van der Waals surface area contributed by atoms with E-state index < -0.39 is 5.41 Å². The molecule has 1 unspecified atom stereocenters. The van der Waals surface area contributed by atoms with Crippen LogP contribution in [0.15, 0.2) is 47.8 Å². The maximum Gasteiger partial charge on any atom is 0.274 e. The van der Waals surface area contributed by atoms with Crippen LogP contribution in [0.1, 0.15) is 47.9 Å². The number of rotatable bonds is 6. The second-order valence-electron chi connectivity index (χ2n) is 8.55. The zero-order chi connectivity index (χ0) is 22.0. The van der Waals surface area contributed by atoms with Gasteiger partial charge >= 0.3 is 0 Å². The number of likely N-dealkylation sites (tertiary alicyclic amines) is 1. The molecule has 0 aliphatic carbocycles. The van der Waals surface area contributed by atoms with Crippen molar-refractivity contribution in [2.45, 2.75) is 32.6 Å². The summed E-state index contributed by atoms with van der Waals surface area (Å²) in [5.74, 6) is 0.128. The quantitative estimate of drug-likeness (QED) is 0.611. The number of amides is 2. The minimum Gasteiger partial charge on any atom is -0.359 e. The van der Waals surface area contributed by atoms with Crippen LogP contribution in [0, 0.1) is 5.41 Å². The summed E-state index contributed by atoms with van der Waals surface area (Å²) in [6.07, 6.45) is 1.22. The monoisotopic (exact) mass is 436 g/mol. The summed E-state index contributed by atoms with van der Waals surface area (Å²) >= 11 is 1.70. The van der Waals surface area contributed by atoms with Crippen LogP contribution >= 0.6 is 11.3 Å². The van der Waals surface area contributed by atoms with Crippen molar-refractivity contribution >= 4 is 23.2 Å². The average Bonchev–Trinajstić information content (AvgIpc) is 3.54. The molecule has 31 heavy (non-hydrogen) atoms. The zero-order valence-electron chi connectivity index (χ0n) is 18.1. The largest absolute Gasteiger partial charge is 0.359 e. The molecule has 2 aromatic heterocycles. The first kappa shape index (κ1) is 21.3. The lowest BCUT2D eigenvalue weighted by atomic mass is 9.79. The van der Waals surface area contributed by atoms with Gasteiger partial charge in [-0.15, -0.1) is 11.3 Å². The van der Waals surface area contributed by atoms with E-state index in [2.05, 4.69) is 59.0 Å². The molecule has 0 spiro atoms. The predicted octanol–water partition coefficient (Wildman–Crippen LogP) is 4.08. The molecule has 3 aromatic rings. The van der Waals surface area contributed by atoms with Crippen LogP contribution in [-0.2, 0) is 11.2 Å². The highest BCUT2D eigenvalue weighted by Gasteiger charge is 2.46. The maximum absolute atomic E-state index is 13.1. The molecule has 1 aliphatic rings. The fraction of sp³-hybridized carbons (Fsp3) is 0.375. The van der Waals surface area contributed by atoms with Crippen molar-refractivity contribution in [3.8, 4) is 10.4 Å². The number of hydrogen-bond donors (Lipinski definition) is 2. The van der Waals surface area contributed by atoms with Gasteiger partial charge in [-0.1, -0.05) is 44.2 Å². The van der Waals surface area contributed by atoms with E-state index in [1.807, 2.05) is 18.2 Å². The van der Waals surface area contributed by atoms with Crippen molar-refractivity contribution in [3.05, 3.63) is 64.8 Å². The highest BCUT2D eigenvalue weighted by atomic mass is 32.1. The van der Waals surface area contributed by atoms with Crippen LogP contribution in [0.5, 0.6) is 0 Å². The molecule has 1 atom stereocenters.